The lowest BCUT2D eigenvalue weighted by Gasteiger charge is -2.18. The van der Waals surface area contributed by atoms with Gasteiger partial charge in [0.2, 0.25) is 0 Å². The zero-order valence-electron chi connectivity index (χ0n) is 16.2. The Labute approximate surface area is 180 Å². The zero-order chi connectivity index (χ0) is 21.6. The number of amides is 1. The van der Waals surface area contributed by atoms with Crippen LogP contribution in [0, 0.1) is 0 Å². The SMILES string of the molecule is CC[C@H](Oc1ccccc1Cl)C(=O)Nc1ccc(S(=O)(=O)Nc2ccccc2)cc1. The van der Waals surface area contributed by atoms with Gasteiger partial charge in [-0.1, -0.05) is 48.9 Å². The van der Waals surface area contributed by atoms with E-state index < -0.39 is 16.1 Å². The molecule has 0 radical (unpaired) electrons. The van der Waals surface area contributed by atoms with Crippen LogP contribution in [0.3, 0.4) is 0 Å². The van der Waals surface area contributed by atoms with Gasteiger partial charge in [-0.05, 0) is 55.0 Å². The van der Waals surface area contributed by atoms with Crippen LogP contribution in [0.2, 0.25) is 5.02 Å². The Morgan fingerprint density at radius 2 is 1.57 bits per heavy atom. The number of hydrogen-bond donors (Lipinski definition) is 2. The van der Waals surface area contributed by atoms with Crippen LogP contribution in [0.4, 0.5) is 11.4 Å². The van der Waals surface area contributed by atoms with Crippen molar-refractivity contribution >= 4 is 38.9 Å². The topological polar surface area (TPSA) is 84.5 Å². The highest BCUT2D eigenvalue weighted by atomic mass is 35.5. The predicted molar refractivity (Wildman–Crippen MR) is 118 cm³/mol. The Hall–Kier alpha value is -3.03. The molecule has 3 rings (SSSR count). The average molecular weight is 445 g/mol. The molecule has 2 N–H and O–H groups in total. The van der Waals surface area contributed by atoms with Crippen molar-refractivity contribution in [1.29, 1.82) is 0 Å². The normalized spacial score (nSPS) is 12.1. The Morgan fingerprint density at radius 3 is 2.20 bits per heavy atom. The molecule has 30 heavy (non-hydrogen) atoms. The number of nitrogens with one attached hydrogen (secondary N) is 2. The number of halogens is 1. The van der Waals surface area contributed by atoms with Crippen LogP contribution in [0.15, 0.2) is 83.8 Å². The van der Waals surface area contributed by atoms with E-state index in [2.05, 4.69) is 10.0 Å². The molecular weight excluding hydrogens is 424 g/mol. The molecule has 3 aromatic rings. The first-order chi connectivity index (χ1) is 14.4. The second kappa shape index (κ2) is 9.65. The van der Waals surface area contributed by atoms with Gasteiger partial charge in [-0.25, -0.2) is 8.42 Å². The molecule has 0 aliphatic carbocycles. The molecule has 3 aromatic carbocycles. The summed E-state index contributed by atoms with van der Waals surface area (Å²) in [6.07, 6.45) is -0.308. The summed E-state index contributed by atoms with van der Waals surface area (Å²) in [4.78, 5) is 12.7. The lowest BCUT2D eigenvalue weighted by atomic mass is 10.2. The van der Waals surface area contributed by atoms with Crippen LogP contribution >= 0.6 is 11.6 Å². The minimum atomic E-state index is -3.73. The highest BCUT2D eigenvalue weighted by molar-refractivity contribution is 7.92. The Bertz CT molecular complexity index is 1100. The number of carbonyl (C=O) groups excluding carboxylic acids is 1. The molecule has 0 fully saturated rings. The number of benzene rings is 3. The number of para-hydroxylation sites is 2. The highest BCUT2D eigenvalue weighted by Gasteiger charge is 2.20. The molecule has 0 aliphatic heterocycles. The molecule has 0 saturated carbocycles. The molecular formula is C22H21ClN2O4S. The van der Waals surface area contributed by atoms with Gasteiger partial charge in [-0.2, -0.15) is 0 Å². The maximum Gasteiger partial charge on any atom is 0.265 e. The quantitative estimate of drug-likeness (QED) is 0.515. The van der Waals surface area contributed by atoms with Crippen molar-refractivity contribution in [3.8, 4) is 5.75 Å². The molecule has 1 amide bonds. The van der Waals surface area contributed by atoms with Crippen molar-refractivity contribution in [2.75, 3.05) is 10.0 Å². The third kappa shape index (κ3) is 5.52. The van der Waals surface area contributed by atoms with Gasteiger partial charge < -0.3 is 10.1 Å². The lowest BCUT2D eigenvalue weighted by Crippen LogP contribution is -2.32. The van der Waals surface area contributed by atoms with E-state index in [0.717, 1.165) is 0 Å². The first-order valence-electron chi connectivity index (χ1n) is 9.29. The second-order valence-corrected chi connectivity index (χ2v) is 8.52. The van der Waals surface area contributed by atoms with E-state index in [1.165, 1.54) is 24.3 Å². The average Bonchev–Trinajstić information content (AvgIpc) is 2.74. The summed E-state index contributed by atoms with van der Waals surface area (Å²) in [7, 11) is -3.73. The van der Waals surface area contributed by atoms with Crippen molar-refractivity contribution in [2.45, 2.75) is 24.3 Å². The van der Waals surface area contributed by atoms with Crippen LogP contribution in [0.5, 0.6) is 5.75 Å². The van der Waals surface area contributed by atoms with E-state index >= 15 is 0 Å². The van der Waals surface area contributed by atoms with Crippen LogP contribution < -0.4 is 14.8 Å². The molecule has 0 saturated heterocycles. The maximum absolute atomic E-state index is 12.6. The molecule has 1 atom stereocenters. The number of anilines is 2. The number of carbonyl (C=O) groups is 1. The van der Waals surface area contributed by atoms with Crippen LogP contribution in [-0.4, -0.2) is 20.4 Å². The third-order valence-corrected chi connectivity index (χ3v) is 5.94. The van der Waals surface area contributed by atoms with E-state index in [1.54, 1.807) is 54.6 Å². The molecule has 0 unspecified atom stereocenters. The molecule has 0 aliphatic rings. The largest absolute Gasteiger partial charge is 0.479 e. The third-order valence-electron chi connectivity index (χ3n) is 4.23. The number of hydrogen-bond acceptors (Lipinski definition) is 4. The van der Waals surface area contributed by atoms with Gasteiger partial charge in [-0.3, -0.25) is 9.52 Å². The lowest BCUT2D eigenvalue weighted by molar-refractivity contribution is -0.122. The van der Waals surface area contributed by atoms with Crippen LogP contribution in [-0.2, 0) is 14.8 Å². The van der Waals surface area contributed by atoms with Gasteiger partial charge in [0.15, 0.2) is 6.10 Å². The van der Waals surface area contributed by atoms with E-state index in [9.17, 15) is 13.2 Å². The summed E-state index contributed by atoms with van der Waals surface area (Å²) in [6, 6.07) is 21.4. The zero-order valence-corrected chi connectivity index (χ0v) is 17.8. The van der Waals surface area contributed by atoms with Gasteiger partial charge in [0.25, 0.3) is 15.9 Å². The van der Waals surface area contributed by atoms with Gasteiger partial charge in [-0.15, -0.1) is 0 Å². The van der Waals surface area contributed by atoms with Crippen molar-refractivity contribution in [2.24, 2.45) is 0 Å². The molecule has 8 heteroatoms. The first-order valence-corrected chi connectivity index (χ1v) is 11.1. The number of ether oxygens (including phenoxy) is 1. The van der Waals surface area contributed by atoms with E-state index in [1.807, 2.05) is 6.92 Å². The fraction of sp³-hybridized carbons (Fsp3) is 0.136. The minimum absolute atomic E-state index is 0.0868. The second-order valence-electron chi connectivity index (χ2n) is 6.43. The fourth-order valence-electron chi connectivity index (χ4n) is 2.68. The number of rotatable bonds is 8. The van der Waals surface area contributed by atoms with Crippen LogP contribution in [0.25, 0.3) is 0 Å². The summed E-state index contributed by atoms with van der Waals surface area (Å²) in [5, 5.41) is 3.16. The molecule has 0 heterocycles. The Kier molecular flexibility index (Phi) is 6.97. The van der Waals surface area contributed by atoms with Crippen LogP contribution in [0.1, 0.15) is 13.3 Å². The molecule has 6 nitrogen and oxygen atoms in total. The van der Waals surface area contributed by atoms with Crippen molar-refractivity contribution in [1.82, 2.24) is 0 Å². The highest BCUT2D eigenvalue weighted by Crippen LogP contribution is 2.25. The van der Waals surface area contributed by atoms with Gasteiger partial charge >= 0.3 is 0 Å². The number of sulfonamides is 1. The van der Waals surface area contributed by atoms with E-state index in [0.29, 0.717) is 28.6 Å². The van der Waals surface area contributed by atoms with Gasteiger partial charge in [0, 0.05) is 11.4 Å². The molecule has 0 aromatic heterocycles. The summed E-state index contributed by atoms with van der Waals surface area (Å²) < 4.78 is 33.2. The summed E-state index contributed by atoms with van der Waals surface area (Å²) in [5.41, 5.74) is 0.928. The summed E-state index contributed by atoms with van der Waals surface area (Å²) >= 11 is 6.09. The van der Waals surface area contributed by atoms with Crippen molar-refractivity contribution in [3.05, 3.63) is 83.9 Å². The van der Waals surface area contributed by atoms with Gasteiger partial charge in [0.05, 0.1) is 9.92 Å². The molecule has 0 bridgehead atoms. The van der Waals surface area contributed by atoms with Gasteiger partial charge in [0.1, 0.15) is 5.75 Å². The fourth-order valence-corrected chi connectivity index (χ4v) is 3.92. The van der Waals surface area contributed by atoms with Crippen molar-refractivity contribution in [3.63, 3.8) is 0 Å². The first kappa shape index (κ1) is 21.7. The van der Waals surface area contributed by atoms with E-state index in [-0.39, 0.29) is 10.8 Å². The summed E-state index contributed by atoms with van der Waals surface area (Å²) in [5.74, 6) is 0.0741. The maximum atomic E-state index is 12.6. The monoisotopic (exact) mass is 444 g/mol. The Morgan fingerprint density at radius 1 is 0.933 bits per heavy atom. The molecule has 0 spiro atoms. The standard InChI is InChI=1S/C22H21ClN2O4S/c1-2-20(29-21-11-7-6-10-19(21)23)22(26)24-16-12-14-18(15-13-16)30(27,28)25-17-8-4-3-5-9-17/h3-15,20,25H,2H2,1H3,(H,24,26)/t20-/m0/s1. The smallest absolute Gasteiger partial charge is 0.265 e. The summed E-state index contributed by atoms with van der Waals surface area (Å²) in [6.45, 7) is 1.83. The predicted octanol–water partition coefficient (Wildman–Crippen LogP) is 4.94. The van der Waals surface area contributed by atoms with E-state index in [4.69, 9.17) is 16.3 Å². The Balaban J connectivity index is 1.67. The minimum Gasteiger partial charge on any atom is -0.479 e. The molecule has 156 valence electrons. The van der Waals surface area contributed by atoms with Crippen molar-refractivity contribution < 1.29 is 17.9 Å².